The van der Waals surface area contributed by atoms with Crippen molar-refractivity contribution < 1.29 is 29.2 Å². The fourth-order valence-corrected chi connectivity index (χ4v) is 2.88. The first-order chi connectivity index (χ1) is 12.5. The highest BCUT2D eigenvalue weighted by molar-refractivity contribution is 6.15. The predicted octanol–water partition coefficient (Wildman–Crippen LogP) is 3.51. The topological polar surface area (TPSA) is 85.2 Å². The number of rotatable bonds is 5. The second-order valence-corrected chi connectivity index (χ2v) is 5.58. The lowest BCUT2D eigenvalue weighted by Crippen LogP contribution is -2.05. The fraction of sp³-hybridized carbons (Fsp3) is 0.150. The van der Waals surface area contributed by atoms with E-state index in [-0.39, 0.29) is 22.6 Å². The summed E-state index contributed by atoms with van der Waals surface area (Å²) in [5, 5.41) is 21.6. The van der Waals surface area contributed by atoms with E-state index in [0.29, 0.717) is 28.0 Å². The minimum absolute atomic E-state index is 0.0181. The zero-order chi connectivity index (χ0) is 18.8. The van der Waals surface area contributed by atoms with Gasteiger partial charge < -0.3 is 24.4 Å². The number of benzene rings is 3. The molecule has 0 saturated heterocycles. The minimum atomic E-state index is -0.484. The molecule has 0 amide bonds. The molecule has 0 bridgehead atoms. The first kappa shape index (κ1) is 17.4. The second kappa shape index (κ2) is 6.84. The Morgan fingerprint density at radius 2 is 1.42 bits per heavy atom. The van der Waals surface area contributed by atoms with Crippen LogP contribution in [0.1, 0.15) is 15.9 Å². The number of ether oxygens (including phenoxy) is 3. The molecule has 6 nitrogen and oxygen atoms in total. The first-order valence-corrected chi connectivity index (χ1v) is 7.80. The Labute approximate surface area is 150 Å². The molecule has 0 aliphatic carbocycles. The van der Waals surface area contributed by atoms with Gasteiger partial charge in [-0.15, -0.1) is 0 Å². The van der Waals surface area contributed by atoms with Crippen LogP contribution in [0.25, 0.3) is 10.8 Å². The van der Waals surface area contributed by atoms with Gasteiger partial charge in [-0.2, -0.15) is 0 Å². The van der Waals surface area contributed by atoms with Crippen molar-refractivity contribution in [1.82, 2.24) is 0 Å². The number of methoxy groups -OCH3 is 3. The van der Waals surface area contributed by atoms with Crippen LogP contribution in [-0.2, 0) is 0 Å². The van der Waals surface area contributed by atoms with Gasteiger partial charge in [-0.25, -0.2) is 0 Å². The average molecular weight is 354 g/mol. The third kappa shape index (κ3) is 2.75. The van der Waals surface area contributed by atoms with Crippen LogP contribution in [0.2, 0.25) is 0 Å². The predicted molar refractivity (Wildman–Crippen MR) is 96.8 cm³/mol. The summed E-state index contributed by atoms with van der Waals surface area (Å²) in [6, 6.07) is 11.0. The standard InChI is InChI=1S/C20H18O6/c1-24-16-8-11(9-17(25-2)20(16)26-3)18(22)14-10-15(21)12-6-4-5-7-13(12)19(14)23/h4-10,21,23H,1-3H3. The number of hydrogen-bond acceptors (Lipinski definition) is 6. The smallest absolute Gasteiger partial charge is 0.203 e. The third-order valence-corrected chi connectivity index (χ3v) is 4.17. The summed E-state index contributed by atoms with van der Waals surface area (Å²) in [5.41, 5.74) is 0.208. The lowest BCUT2D eigenvalue weighted by atomic mass is 9.97. The Morgan fingerprint density at radius 3 is 1.96 bits per heavy atom. The van der Waals surface area contributed by atoms with E-state index in [0.717, 1.165) is 0 Å². The van der Waals surface area contributed by atoms with Crippen LogP contribution in [-0.4, -0.2) is 37.3 Å². The number of ketones is 1. The minimum Gasteiger partial charge on any atom is -0.507 e. The van der Waals surface area contributed by atoms with Gasteiger partial charge in [0.25, 0.3) is 0 Å². The van der Waals surface area contributed by atoms with Crippen LogP contribution in [0.4, 0.5) is 0 Å². The van der Waals surface area contributed by atoms with E-state index in [2.05, 4.69) is 0 Å². The van der Waals surface area contributed by atoms with Gasteiger partial charge in [0.2, 0.25) is 5.75 Å². The molecule has 0 heterocycles. The van der Waals surface area contributed by atoms with E-state index < -0.39 is 5.78 Å². The second-order valence-electron chi connectivity index (χ2n) is 5.58. The SMILES string of the molecule is COc1cc(C(=O)c2cc(O)c3ccccc3c2O)cc(OC)c1OC. The zero-order valence-electron chi connectivity index (χ0n) is 14.6. The summed E-state index contributed by atoms with van der Waals surface area (Å²) < 4.78 is 15.8. The summed E-state index contributed by atoms with van der Waals surface area (Å²) in [4.78, 5) is 13.0. The van der Waals surface area contributed by atoms with Gasteiger partial charge in [0, 0.05) is 16.3 Å². The van der Waals surface area contributed by atoms with Crippen molar-refractivity contribution in [2.75, 3.05) is 21.3 Å². The number of phenolic OH excluding ortho intramolecular Hbond substituents is 2. The van der Waals surface area contributed by atoms with Gasteiger partial charge >= 0.3 is 0 Å². The number of carbonyl (C=O) groups is 1. The first-order valence-electron chi connectivity index (χ1n) is 7.80. The highest BCUT2D eigenvalue weighted by Gasteiger charge is 2.22. The molecule has 26 heavy (non-hydrogen) atoms. The number of aromatic hydroxyl groups is 2. The molecule has 0 aliphatic heterocycles. The molecule has 0 spiro atoms. The van der Waals surface area contributed by atoms with Gasteiger partial charge in [-0.1, -0.05) is 24.3 Å². The highest BCUT2D eigenvalue weighted by Crippen LogP contribution is 2.41. The molecule has 6 heteroatoms. The van der Waals surface area contributed by atoms with Crippen LogP contribution in [0, 0.1) is 0 Å². The monoisotopic (exact) mass is 354 g/mol. The Hall–Kier alpha value is -3.41. The van der Waals surface area contributed by atoms with Gasteiger partial charge in [-0.3, -0.25) is 4.79 Å². The zero-order valence-corrected chi connectivity index (χ0v) is 14.6. The largest absolute Gasteiger partial charge is 0.507 e. The number of phenols is 2. The van der Waals surface area contributed by atoms with Crippen LogP contribution in [0.3, 0.4) is 0 Å². The Bertz CT molecular complexity index is 968. The maximum atomic E-state index is 13.0. The normalized spacial score (nSPS) is 10.6. The Balaban J connectivity index is 2.19. The molecule has 0 aliphatic rings. The van der Waals surface area contributed by atoms with Crippen LogP contribution >= 0.6 is 0 Å². The van der Waals surface area contributed by atoms with Crippen molar-refractivity contribution in [2.45, 2.75) is 0 Å². The van der Waals surface area contributed by atoms with Crippen molar-refractivity contribution in [3.63, 3.8) is 0 Å². The molecule has 0 saturated carbocycles. The summed E-state index contributed by atoms with van der Waals surface area (Å²) in [7, 11) is 4.37. The molecule has 0 radical (unpaired) electrons. The third-order valence-electron chi connectivity index (χ3n) is 4.17. The maximum Gasteiger partial charge on any atom is 0.203 e. The molecular formula is C20H18O6. The van der Waals surface area contributed by atoms with Gasteiger partial charge in [-0.05, 0) is 18.2 Å². The van der Waals surface area contributed by atoms with Crippen molar-refractivity contribution in [1.29, 1.82) is 0 Å². The number of hydrogen-bond donors (Lipinski definition) is 2. The fourth-order valence-electron chi connectivity index (χ4n) is 2.88. The lowest BCUT2D eigenvalue weighted by Gasteiger charge is -2.14. The molecule has 0 atom stereocenters. The molecule has 0 fully saturated rings. The summed E-state index contributed by atoms with van der Waals surface area (Å²) in [6.07, 6.45) is 0. The maximum absolute atomic E-state index is 13.0. The van der Waals surface area contributed by atoms with Gasteiger partial charge in [0.1, 0.15) is 11.5 Å². The average Bonchev–Trinajstić information content (AvgIpc) is 2.68. The molecule has 0 aromatic heterocycles. The quantitative estimate of drug-likeness (QED) is 0.539. The van der Waals surface area contributed by atoms with Gasteiger partial charge in [0.05, 0.1) is 26.9 Å². The summed E-state index contributed by atoms with van der Waals surface area (Å²) in [6.45, 7) is 0. The van der Waals surface area contributed by atoms with Crippen LogP contribution in [0.15, 0.2) is 42.5 Å². The van der Waals surface area contributed by atoms with Crippen molar-refractivity contribution in [3.05, 3.63) is 53.6 Å². The van der Waals surface area contributed by atoms with Crippen LogP contribution < -0.4 is 14.2 Å². The van der Waals surface area contributed by atoms with E-state index in [1.54, 1.807) is 24.3 Å². The van der Waals surface area contributed by atoms with E-state index in [1.165, 1.54) is 39.5 Å². The van der Waals surface area contributed by atoms with Crippen LogP contribution in [0.5, 0.6) is 28.7 Å². The molecule has 134 valence electrons. The molecule has 3 rings (SSSR count). The van der Waals surface area contributed by atoms with E-state index >= 15 is 0 Å². The highest BCUT2D eigenvalue weighted by atomic mass is 16.5. The van der Waals surface area contributed by atoms with Crippen molar-refractivity contribution in [2.24, 2.45) is 0 Å². The van der Waals surface area contributed by atoms with Crippen molar-refractivity contribution in [3.8, 4) is 28.7 Å². The molecular weight excluding hydrogens is 336 g/mol. The lowest BCUT2D eigenvalue weighted by molar-refractivity contribution is 0.103. The number of carbonyl (C=O) groups excluding carboxylic acids is 1. The number of fused-ring (bicyclic) bond motifs is 1. The van der Waals surface area contributed by atoms with E-state index in [1.807, 2.05) is 0 Å². The van der Waals surface area contributed by atoms with E-state index in [9.17, 15) is 15.0 Å². The molecule has 3 aromatic carbocycles. The van der Waals surface area contributed by atoms with E-state index in [4.69, 9.17) is 14.2 Å². The summed E-state index contributed by atoms with van der Waals surface area (Å²) in [5.74, 6) is 0.227. The van der Waals surface area contributed by atoms with Crippen molar-refractivity contribution >= 4 is 16.6 Å². The summed E-state index contributed by atoms with van der Waals surface area (Å²) >= 11 is 0. The molecule has 2 N–H and O–H groups in total. The Morgan fingerprint density at radius 1 is 0.846 bits per heavy atom. The Kier molecular flexibility index (Phi) is 4.58. The van der Waals surface area contributed by atoms with Gasteiger partial charge in [0.15, 0.2) is 17.3 Å². The molecule has 3 aromatic rings. The molecule has 0 unspecified atom stereocenters.